The van der Waals surface area contributed by atoms with Crippen molar-refractivity contribution in [2.75, 3.05) is 6.61 Å². The molecule has 0 radical (unpaired) electrons. The summed E-state index contributed by atoms with van der Waals surface area (Å²) in [7, 11) is 0. The molecule has 0 aromatic carbocycles. The van der Waals surface area contributed by atoms with E-state index in [1.807, 2.05) is 0 Å². The van der Waals surface area contributed by atoms with Crippen LogP contribution in [-0.4, -0.2) is 40.4 Å². The maximum absolute atomic E-state index is 13.2. The summed E-state index contributed by atoms with van der Waals surface area (Å²) in [5, 5.41) is 11.3. The summed E-state index contributed by atoms with van der Waals surface area (Å²) in [6.45, 7) is 6.84. The standard InChI is InChI=1S/C14H19FN2O5/c1-8(16-13(20)22-14(2,3)4)7-21-11-6-9(15)5-10(17-11)12(18)19/h5-6,8H,7H2,1-4H3,(H,16,20)(H,18,19). The first-order valence-electron chi connectivity index (χ1n) is 6.60. The fourth-order valence-electron chi connectivity index (χ4n) is 1.42. The first-order chi connectivity index (χ1) is 10.1. The van der Waals surface area contributed by atoms with Gasteiger partial charge in [0.2, 0.25) is 5.88 Å². The van der Waals surface area contributed by atoms with E-state index in [9.17, 15) is 14.0 Å². The van der Waals surface area contributed by atoms with E-state index < -0.39 is 35.2 Å². The molecule has 0 aliphatic carbocycles. The molecule has 1 atom stereocenters. The lowest BCUT2D eigenvalue weighted by Gasteiger charge is -2.22. The zero-order chi connectivity index (χ0) is 16.9. The molecule has 0 bridgehead atoms. The number of hydrogen-bond donors (Lipinski definition) is 2. The predicted molar refractivity (Wildman–Crippen MR) is 75.5 cm³/mol. The Labute approximate surface area is 127 Å². The van der Waals surface area contributed by atoms with Gasteiger partial charge in [0.25, 0.3) is 0 Å². The van der Waals surface area contributed by atoms with Gasteiger partial charge in [-0.05, 0) is 27.7 Å². The van der Waals surface area contributed by atoms with Crippen molar-refractivity contribution in [3.63, 3.8) is 0 Å². The van der Waals surface area contributed by atoms with Crippen LogP contribution in [0.3, 0.4) is 0 Å². The number of amides is 1. The number of halogens is 1. The van der Waals surface area contributed by atoms with Gasteiger partial charge in [0, 0.05) is 12.1 Å². The summed E-state index contributed by atoms with van der Waals surface area (Å²) in [5.41, 5.74) is -1.08. The Morgan fingerprint density at radius 2 is 2.05 bits per heavy atom. The summed E-state index contributed by atoms with van der Waals surface area (Å²) in [6, 6.07) is 1.32. The van der Waals surface area contributed by atoms with Gasteiger partial charge in [-0.2, -0.15) is 0 Å². The first-order valence-corrected chi connectivity index (χ1v) is 6.60. The molecule has 0 spiro atoms. The number of alkyl carbamates (subject to hydrolysis) is 1. The van der Waals surface area contributed by atoms with Crippen molar-refractivity contribution >= 4 is 12.1 Å². The van der Waals surface area contributed by atoms with Gasteiger partial charge in [0.15, 0.2) is 5.69 Å². The maximum atomic E-state index is 13.2. The molecule has 1 aromatic heterocycles. The van der Waals surface area contributed by atoms with Gasteiger partial charge < -0.3 is 19.9 Å². The Morgan fingerprint density at radius 1 is 1.41 bits per heavy atom. The number of aromatic nitrogens is 1. The number of nitrogens with zero attached hydrogens (tertiary/aromatic N) is 1. The van der Waals surface area contributed by atoms with Crippen LogP contribution in [-0.2, 0) is 4.74 Å². The van der Waals surface area contributed by atoms with Crippen LogP contribution in [0.2, 0.25) is 0 Å². The number of carbonyl (C=O) groups is 2. The number of ether oxygens (including phenoxy) is 2. The number of carboxylic acid groups (broad SMARTS) is 1. The molecular weight excluding hydrogens is 295 g/mol. The van der Waals surface area contributed by atoms with Gasteiger partial charge in [-0.3, -0.25) is 0 Å². The highest BCUT2D eigenvalue weighted by Gasteiger charge is 2.18. The molecular formula is C14H19FN2O5. The summed E-state index contributed by atoms with van der Waals surface area (Å²) < 4.78 is 23.5. The van der Waals surface area contributed by atoms with Crippen molar-refractivity contribution in [3.05, 3.63) is 23.6 Å². The molecule has 0 saturated carbocycles. The number of hydrogen-bond acceptors (Lipinski definition) is 5. The fourth-order valence-corrected chi connectivity index (χ4v) is 1.42. The van der Waals surface area contributed by atoms with Crippen molar-refractivity contribution in [3.8, 4) is 5.88 Å². The van der Waals surface area contributed by atoms with Gasteiger partial charge in [0.05, 0.1) is 6.04 Å². The van der Waals surface area contributed by atoms with Crippen LogP contribution in [0.1, 0.15) is 38.2 Å². The molecule has 7 nitrogen and oxygen atoms in total. The van der Waals surface area contributed by atoms with Crippen LogP contribution < -0.4 is 10.1 Å². The number of carboxylic acids is 1. The number of rotatable bonds is 5. The van der Waals surface area contributed by atoms with E-state index >= 15 is 0 Å². The van der Waals surface area contributed by atoms with Crippen LogP contribution in [0, 0.1) is 5.82 Å². The number of carbonyl (C=O) groups excluding carboxylic acids is 1. The monoisotopic (exact) mass is 314 g/mol. The number of aromatic carboxylic acids is 1. The van der Waals surface area contributed by atoms with Crippen molar-refractivity contribution in [2.45, 2.75) is 39.3 Å². The molecule has 2 N–H and O–H groups in total. The van der Waals surface area contributed by atoms with E-state index in [0.717, 1.165) is 12.1 Å². The van der Waals surface area contributed by atoms with E-state index in [4.69, 9.17) is 14.6 Å². The van der Waals surface area contributed by atoms with E-state index in [2.05, 4.69) is 10.3 Å². The van der Waals surface area contributed by atoms with Gasteiger partial charge in [-0.25, -0.2) is 19.0 Å². The van der Waals surface area contributed by atoms with Gasteiger partial charge >= 0.3 is 12.1 Å². The Hall–Kier alpha value is -2.38. The van der Waals surface area contributed by atoms with Gasteiger partial charge in [-0.15, -0.1) is 0 Å². The molecule has 0 aliphatic heterocycles. The lowest BCUT2D eigenvalue weighted by atomic mass is 10.2. The SMILES string of the molecule is CC(COc1cc(F)cc(C(=O)O)n1)NC(=O)OC(C)(C)C. The Kier molecular flexibility index (Phi) is 5.67. The smallest absolute Gasteiger partial charge is 0.407 e. The van der Waals surface area contributed by atoms with Crippen molar-refractivity contribution < 1.29 is 28.6 Å². The lowest BCUT2D eigenvalue weighted by molar-refractivity contribution is 0.0493. The zero-order valence-corrected chi connectivity index (χ0v) is 12.8. The minimum absolute atomic E-state index is 0.0191. The highest BCUT2D eigenvalue weighted by Crippen LogP contribution is 2.12. The summed E-state index contributed by atoms with van der Waals surface area (Å²) in [5.74, 6) is -2.30. The second-order valence-electron chi connectivity index (χ2n) is 5.67. The molecule has 0 fully saturated rings. The lowest BCUT2D eigenvalue weighted by Crippen LogP contribution is -2.40. The van der Waals surface area contributed by atoms with Crippen LogP contribution >= 0.6 is 0 Å². The molecule has 1 aromatic rings. The minimum atomic E-state index is -1.36. The zero-order valence-electron chi connectivity index (χ0n) is 12.8. The third-order valence-electron chi connectivity index (χ3n) is 2.23. The quantitative estimate of drug-likeness (QED) is 0.864. The average Bonchev–Trinajstić information content (AvgIpc) is 2.33. The highest BCUT2D eigenvalue weighted by molar-refractivity contribution is 5.85. The summed E-state index contributed by atoms with van der Waals surface area (Å²) in [6.07, 6.45) is -0.609. The first kappa shape index (κ1) is 17.7. The second kappa shape index (κ2) is 7.06. The molecule has 122 valence electrons. The predicted octanol–water partition coefficient (Wildman–Crippen LogP) is 2.21. The van der Waals surface area contributed by atoms with Gasteiger partial charge in [0.1, 0.15) is 18.0 Å². The van der Waals surface area contributed by atoms with E-state index in [0.29, 0.717) is 0 Å². The van der Waals surface area contributed by atoms with E-state index in [-0.39, 0.29) is 12.5 Å². The van der Waals surface area contributed by atoms with Gasteiger partial charge in [-0.1, -0.05) is 0 Å². The van der Waals surface area contributed by atoms with Crippen LogP contribution in [0.5, 0.6) is 5.88 Å². The number of nitrogens with one attached hydrogen (secondary N) is 1. The Morgan fingerprint density at radius 3 is 2.59 bits per heavy atom. The molecule has 22 heavy (non-hydrogen) atoms. The largest absolute Gasteiger partial charge is 0.477 e. The second-order valence-corrected chi connectivity index (χ2v) is 5.67. The molecule has 0 aliphatic rings. The topological polar surface area (TPSA) is 97.8 Å². The number of pyridine rings is 1. The van der Waals surface area contributed by atoms with E-state index in [1.165, 1.54) is 0 Å². The third kappa shape index (κ3) is 6.38. The van der Waals surface area contributed by atoms with Crippen LogP contribution in [0.4, 0.5) is 9.18 Å². The average molecular weight is 314 g/mol. The normalized spacial score (nSPS) is 12.4. The van der Waals surface area contributed by atoms with Crippen molar-refractivity contribution in [2.24, 2.45) is 0 Å². The molecule has 0 saturated heterocycles. The Balaban J connectivity index is 2.55. The molecule has 1 unspecified atom stereocenters. The fraction of sp³-hybridized carbons (Fsp3) is 0.500. The highest BCUT2D eigenvalue weighted by atomic mass is 19.1. The van der Waals surface area contributed by atoms with E-state index in [1.54, 1.807) is 27.7 Å². The molecule has 1 heterocycles. The maximum Gasteiger partial charge on any atom is 0.407 e. The Bertz CT molecular complexity index is 557. The third-order valence-corrected chi connectivity index (χ3v) is 2.23. The van der Waals surface area contributed by atoms with Crippen LogP contribution in [0.15, 0.2) is 12.1 Å². The van der Waals surface area contributed by atoms with Crippen molar-refractivity contribution in [1.29, 1.82) is 0 Å². The molecule has 1 rings (SSSR count). The van der Waals surface area contributed by atoms with Crippen LogP contribution in [0.25, 0.3) is 0 Å². The minimum Gasteiger partial charge on any atom is -0.477 e. The summed E-state index contributed by atoms with van der Waals surface area (Å²) in [4.78, 5) is 25.9. The molecule has 1 amide bonds. The van der Waals surface area contributed by atoms with Crippen molar-refractivity contribution in [1.82, 2.24) is 10.3 Å². The molecule has 8 heteroatoms. The summed E-state index contributed by atoms with van der Waals surface area (Å²) >= 11 is 0.